The molecule has 1 atom stereocenters. The highest BCUT2D eigenvalue weighted by Gasteiger charge is 2.31. The van der Waals surface area contributed by atoms with Crippen LogP contribution in [0.25, 0.3) is 0 Å². The predicted molar refractivity (Wildman–Crippen MR) is 75.6 cm³/mol. The molecule has 7 heteroatoms. The number of piperazine rings is 1. The second kappa shape index (κ2) is 6.34. The predicted octanol–water partition coefficient (Wildman–Crippen LogP) is 0.874. The minimum atomic E-state index is -0.478. The van der Waals surface area contributed by atoms with Crippen molar-refractivity contribution in [2.24, 2.45) is 0 Å². The van der Waals surface area contributed by atoms with Gasteiger partial charge in [-0.05, 0) is 12.0 Å². The molecule has 0 spiro atoms. The summed E-state index contributed by atoms with van der Waals surface area (Å²) >= 11 is 0. The molecule has 0 aliphatic carbocycles. The Morgan fingerprint density at radius 2 is 2.10 bits per heavy atom. The molecule has 0 saturated carbocycles. The van der Waals surface area contributed by atoms with E-state index in [2.05, 4.69) is 5.32 Å². The third kappa shape index (κ3) is 3.36. The molecule has 112 valence electrons. The third-order valence-corrected chi connectivity index (χ3v) is 3.54. The van der Waals surface area contributed by atoms with E-state index < -0.39 is 11.0 Å². The zero-order valence-corrected chi connectivity index (χ0v) is 11.7. The molecular weight excluding hydrogens is 274 g/mol. The second-order valence-electron chi connectivity index (χ2n) is 4.90. The van der Waals surface area contributed by atoms with Gasteiger partial charge in [-0.3, -0.25) is 19.7 Å². The standard InChI is InChI=1S/C14H17N3O4/c1-2-12-14(19)15-7-8-16(12)13(18)9-10-3-5-11(6-4-10)17(20)21/h3-6,12H,2,7-9H2,1H3,(H,15,19). The molecule has 1 unspecified atom stereocenters. The number of non-ortho nitro benzene ring substituents is 1. The molecule has 2 amide bonds. The third-order valence-electron chi connectivity index (χ3n) is 3.54. The van der Waals surface area contributed by atoms with Crippen LogP contribution in [0.15, 0.2) is 24.3 Å². The Labute approximate surface area is 122 Å². The Balaban J connectivity index is 2.06. The van der Waals surface area contributed by atoms with Crippen LogP contribution in [-0.4, -0.2) is 40.8 Å². The molecule has 1 fully saturated rings. The van der Waals surface area contributed by atoms with Crippen molar-refractivity contribution in [3.8, 4) is 0 Å². The van der Waals surface area contributed by atoms with Gasteiger partial charge < -0.3 is 10.2 Å². The molecular formula is C14H17N3O4. The van der Waals surface area contributed by atoms with Crippen LogP contribution in [0, 0.1) is 10.1 Å². The molecule has 1 aliphatic rings. The summed E-state index contributed by atoms with van der Waals surface area (Å²) in [5.74, 6) is -0.258. The van der Waals surface area contributed by atoms with Gasteiger partial charge in [-0.25, -0.2) is 0 Å². The molecule has 21 heavy (non-hydrogen) atoms. The second-order valence-corrected chi connectivity index (χ2v) is 4.90. The number of hydrogen-bond acceptors (Lipinski definition) is 4. The monoisotopic (exact) mass is 291 g/mol. The van der Waals surface area contributed by atoms with Gasteiger partial charge in [-0.15, -0.1) is 0 Å². The lowest BCUT2D eigenvalue weighted by atomic mass is 10.1. The minimum absolute atomic E-state index is 0.00464. The Morgan fingerprint density at radius 1 is 1.43 bits per heavy atom. The number of carbonyl (C=O) groups is 2. The van der Waals surface area contributed by atoms with E-state index in [0.29, 0.717) is 25.1 Å². The highest BCUT2D eigenvalue weighted by Crippen LogP contribution is 2.15. The lowest BCUT2D eigenvalue weighted by Crippen LogP contribution is -2.57. The molecule has 7 nitrogen and oxygen atoms in total. The molecule has 0 radical (unpaired) electrons. The molecule has 1 N–H and O–H groups in total. The van der Waals surface area contributed by atoms with Gasteiger partial charge in [0.05, 0.1) is 11.3 Å². The van der Waals surface area contributed by atoms with Crippen molar-refractivity contribution >= 4 is 17.5 Å². The summed E-state index contributed by atoms with van der Waals surface area (Å²) in [7, 11) is 0. The summed E-state index contributed by atoms with van der Waals surface area (Å²) < 4.78 is 0. The van der Waals surface area contributed by atoms with Crippen LogP contribution in [0.4, 0.5) is 5.69 Å². The van der Waals surface area contributed by atoms with E-state index in [-0.39, 0.29) is 23.9 Å². The quantitative estimate of drug-likeness (QED) is 0.658. The Hall–Kier alpha value is -2.44. The van der Waals surface area contributed by atoms with E-state index in [1.807, 2.05) is 6.92 Å². The zero-order valence-electron chi connectivity index (χ0n) is 11.7. The highest BCUT2D eigenvalue weighted by atomic mass is 16.6. The molecule has 1 aromatic carbocycles. The van der Waals surface area contributed by atoms with Crippen LogP contribution in [0.2, 0.25) is 0 Å². The lowest BCUT2D eigenvalue weighted by molar-refractivity contribution is -0.384. The van der Waals surface area contributed by atoms with E-state index in [9.17, 15) is 19.7 Å². The van der Waals surface area contributed by atoms with Crippen molar-refractivity contribution < 1.29 is 14.5 Å². The van der Waals surface area contributed by atoms with E-state index >= 15 is 0 Å². The fourth-order valence-corrected chi connectivity index (χ4v) is 2.43. The smallest absolute Gasteiger partial charge is 0.269 e. The first-order valence-corrected chi connectivity index (χ1v) is 6.83. The average Bonchev–Trinajstić information content (AvgIpc) is 2.47. The summed E-state index contributed by atoms with van der Waals surface area (Å²) in [5.41, 5.74) is 0.696. The van der Waals surface area contributed by atoms with Gasteiger partial charge in [-0.2, -0.15) is 0 Å². The summed E-state index contributed by atoms with van der Waals surface area (Å²) in [5, 5.41) is 13.3. The number of benzene rings is 1. The first-order valence-electron chi connectivity index (χ1n) is 6.83. The van der Waals surface area contributed by atoms with Crippen LogP contribution in [0.5, 0.6) is 0 Å². The number of nitrogens with zero attached hydrogens (tertiary/aromatic N) is 2. The number of nitro benzene ring substituents is 1. The number of hydrogen-bond donors (Lipinski definition) is 1. The summed E-state index contributed by atoms with van der Waals surface area (Å²) in [4.78, 5) is 35.7. The van der Waals surface area contributed by atoms with Crippen molar-refractivity contribution in [1.82, 2.24) is 10.2 Å². The highest BCUT2D eigenvalue weighted by molar-refractivity contribution is 5.89. The summed E-state index contributed by atoms with van der Waals surface area (Å²) in [6, 6.07) is 5.47. The molecule has 1 aliphatic heterocycles. The van der Waals surface area contributed by atoms with Crippen LogP contribution in [-0.2, 0) is 16.0 Å². The Morgan fingerprint density at radius 3 is 2.67 bits per heavy atom. The molecule has 1 saturated heterocycles. The summed E-state index contributed by atoms with van der Waals surface area (Å²) in [6.07, 6.45) is 0.708. The van der Waals surface area contributed by atoms with Crippen molar-refractivity contribution in [2.45, 2.75) is 25.8 Å². The maximum absolute atomic E-state index is 12.3. The normalized spacial score (nSPS) is 18.2. The molecule has 2 rings (SSSR count). The molecule has 1 aromatic rings. The first kappa shape index (κ1) is 15.0. The largest absolute Gasteiger partial charge is 0.353 e. The van der Waals surface area contributed by atoms with E-state index in [4.69, 9.17) is 0 Å². The van der Waals surface area contributed by atoms with Crippen molar-refractivity contribution in [3.63, 3.8) is 0 Å². The van der Waals surface area contributed by atoms with Crippen molar-refractivity contribution in [1.29, 1.82) is 0 Å². The molecule has 0 bridgehead atoms. The average molecular weight is 291 g/mol. The van der Waals surface area contributed by atoms with Crippen LogP contribution in [0.1, 0.15) is 18.9 Å². The van der Waals surface area contributed by atoms with Crippen molar-refractivity contribution in [2.75, 3.05) is 13.1 Å². The number of amides is 2. The van der Waals surface area contributed by atoms with Crippen LogP contribution < -0.4 is 5.32 Å². The first-order chi connectivity index (χ1) is 10.0. The fourth-order valence-electron chi connectivity index (χ4n) is 2.43. The number of nitrogens with one attached hydrogen (secondary N) is 1. The lowest BCUT2D eigenvalue weighted by Gasteiger charge is -2.34. The Kier molecular flexibility index (Phi) is 4.52. The SMILES string of the molecule is CCC1C(=O)NCCN1C(=O)Cc1ccc([N+](=O)[O-])cc1. The number of rotatable bonds is 4. The van der Waals surface area contributed by atoms with E-state index in [1.54, 1.807) is 17.0 Å². The van der Waals surface area contributed by atoms with Gasteiger partial charge in [0.15, 0.2) is 0 Å². The topological polar surface area (TPSA) is 92.6 Å². The molecule has 0 aromatic heterocycles. The van der Waals surface area contributed by atoms with Crippen molar-refractivity contribution in [3.05, 3.63) is 39.9 Å². The van der Waals surface area contributed by atoms with Crippen LogP contribution >= 0.6 is 0 Å². The van der Waals surface area contributed by atoms with Gasteiger partial charge in [0.2, 0.25) is 11.8 Å². The maximum Gasteiger partial charge on any atom is 0.269 e. The van der Waals surface area contributed by atoms with Crippen LogP contribution in [0.3, 0.4) is 0 Å². The zero-order chi connectivity index (χ0) is 15.4. The number of nitro groups is 1. The van der Waals surface area contributed by atoms with Gasteiger partial charge in [0, 0.05) is 25.2 Å². The van der Waals surface area contributed by atoms with Gasteiger partial charge in [-0.1, -0.05) is 19.1 Å². The van der Waals surface area contributed by atoms with E-state index in [1.165, 1.54) is 12.1 Å². The van der Waals surface area contributed by atoms with Gasteiger partial charge in [0.25, 0.3) is 5.69 Å². The molecule has 1 heterocycles. The Bertz CT molecular complexity index is 556. The minimum Gasteiger partial charge on any atom is -0.353 e. The fraction of sp³-hybridized carbons (Fsp3) is 0.429. The van der Waals surface area contributed by atoms with Gasteiger partial charge in [0.1, 0.15) is 6.04 Å². The number of carbonyl (C=O) groups excluding carboxylic acids is 2. The van der Waals surface area contributed by atoms with Gasteiger partial charge >= 0.3 is 0 Å². The van der Waals surface area contributed by atoms with E-state index in [0.717, 1.165) is 0 Å². The maximum atomic E-state index is 12.3. The summed E-state index contributed by atoms with van der Waals surface area (Å²) in [6.45, 7) is 2.82.